The molecule has 0 saturated carbocycles. The number of urea groups is 1. The predicted molar refractivity (Wildman–Crippen MR) is 75.4 cm³/mol. The lowest BCUT2D eigenvalue weighted by Crippen LogP contribution is -2.20. The smallest absolute Gasteiger partial charge is 0.308 e. The molecule has 0 spiro atoms. The molecule has 2 N–H and O–H groups in total. The third-order valence-electron chi connectivity index (χ3n) is 2.46. The first-order valence-electron chi connectivity index (χ1n) is 5.55. The van der Waals surface area contributed by atoms with Gasteiger partial charge in [0.05, 0.1) is 15.7 Å². The van der Waals surface area contributed by atoms with Gasteiger partial charge >= 0.3 is 6.03 Å². The zero-order valence-corrected chi connectivity index (χ0v) is 11.7. The van der Waals surface area contributed by atoms with Crippen LogP contribution >= 0.6 is 23.2 Å². The van der Waals surface area contributed by atoms with E-state index >= 15 is 0 Å². The maximum absolute atomic E-state index is 13.4. The Morgan fingerprint density at radius 2 is 1.62 bits per heavy atom. The fourth-order valence-corrected chi connectivity index (χ4v) is 1.78. The Bertz CT molecular complexity index is 710. The van der Waals surface area contributed by atoms with E-state index in [0.717, 1.165) is 6.07 Å². The molecule has 110 valence electrons. The minimum Gasteiger partial charge on any atom is -0.308 e. The molecule has 2 amide bonds. The molecule has 8 heteroatoms. The largest absolute Gasteiger partial charge is 0.323 e. The molecule has 0 radical (unpaired) electrons. The lowest BCUT2D eigenvalue weighted by atomic mass is 10.3. The Morgan fingerprint density at radius 1 is 0.905 bits per heavy atom. The van der Waals surface area contributed by atoms with Gasteiger partial charge in [-0.15, -0.1) is 0 Å². The third-order valence-corrected chi connectivity index (χ3v) is 3.20. The zero-order valence-electron chi connectivity index (χ0n) is 10.2. The Balaban J connectivity index is 2.12. The van der Waals surface area contributed by atoms with Crippen molar-refractivity contribution in [3.8, 4) is 0 Å². The molecule has 0 aliphatic heterocycles. The highest BCUT2D eigenvalue weighted by atomic mass is 35.5. The zero-order chi connectivity index (χ0) is 15.6. The molecule has 21 heavy (non-hydrogen) atoms. The Kier molecular flexibility index (Phi) is 4.59. The van der Waals surface area contributed by atoms with Crippen molar-refractivity contribution in [1.82, 2.24) is 0 Å². The molecule has 0 bridgehead atoms. The quantitative estimate of drug-likeness (QED) is 0.741. The van der Waals surface area contributed by atoms with E-state index in [-0.39, 0.29) is 5.02 Å². The van der Waals surface area contributed by atoms with E-state index in [2.05, 4.69) is 10.6 Å². The number of anilines is 2. The van der Waals surface area contributed by atoms with Crippen molar-refractivity contribution in [3.05, 3.63) is 57.8 Å². The standard InChI is InChI=1S/C13H7Cl2F3N2O/c14-7-2-1-6(5-8(7)15)19-13(21)20-10-4-3-9(16)11(17)12(10)18/h1-5H,(H2,19,20,21). The molecule has 2 aromatic rings. The summed E-state index contributed by atoms with van der Waals surface area (Å²) >= 11 is 11.5. The Labute approximate surface area is 127 Å². The van der Waals surface area contributed by atoms with Crippen LogP contribution in [-0.4, -0.2) is 6.03 Å². The SMILES string of the molecule is O=C(Nc1ccc(Cl)c(Cl)c1)Nc1ccc(F)c(F)c1F. The van der Waals surface area contributed by atoms with Crippen LogP contribution in [0.15, 0.2) is 30.3 Å². The van der Waals surface area contributed by atoms with Gasteiger partial charge in [-0.25, -0.2) is 18.0 Å². The maximum Gasteiger partial charge on any atom is 0.323 e. The number of amides is 2. The lowest BCUT2D eigenvalue weighted by molar-refractivity contribution is 0.262. The molecular weight excluding hydrogens is 328 g/mol. The number of halogens is 5. The van der Waals surface area contributed by atoms with Crippen LogP contribution in [0.2, 0.25) is 10.0 Å². The third kappa shape index (κ3) is 3.59. The van der Waals surface area contributed by atoms with Crippen molar-refractivity contribution in [2.75, 3.05) is 10.6 Å². The average Bonchev–Trinajstić information content (AvgIpc) is 2.44. The summed E-state index contributed by atoms with van der Waals surface area (Å²) in [4.78, 5) is 11.6. The van der Waals surface area contributed by atoms with Crippen LogP contribution in [0.4, 0.5) is 29.3 Å². The van der Waals surface area contributed by atoms with Crippen LogP contribution in [0.5, 0.6) is 0 Å². The number of carbonyl (C=O) groups excluding carboxylic acids is 1. The summed E-state index contributed by atoms with van der Waals surface area (Å²) in [6, 6.07) is 5.06. The van der Waals surface area contributed by atoms with Crippen LogP contribution < -0.4 is 10.6 Å². The second-order valence-corrected chi connectivity index (χ2v) is 4.75. The van der Waals surface area contributed by atoms with Gasteiger partial charge in [0.15, 0.2) is 17.5 Å². The maximum atomic E-state index is 13.4. The molecule has 0 atom stereocenters. The van der Waals surface area contributed by atoms with Gasteiger partial charge in [0.25, 0.3) is 0 Å². The average molecular weight is 335 g/mol. The van der Waals surface area contributed by atoms with Gasteiger partial charge in [0.1, 0.15) is 0 Å². The second-order valence-electron chi connectivity index (χ2n) is 3.93. The van der Waals surface area contributed by atoms with E-state index in [0.29, 0.717) is 16.8 Å². The topological polar surface area (TPSA) is 41.1 Å². The van der Waals surface area contributed by atoms with Gasteiger partial charge < -0.3 is 10.6 Å². The lowest BCUT2D eigenvalue weighted by Gasteiger charge is -2.09. The first-order chi connectivity index (χ1) is 9.88. The van der Waals surface area contributed by atoms with Crippen molar-refractivity contribution in [3.63, 3.8) is 0 Å². The monoisotopic (exact) mass is 334 g/mol. The fraction of sp³-hybridized carbons (Fsp3) is 0. The highest BCUT2D eigenvalue weighted by Crippen LogP contribution is 2.25. The van der Waals surface area contributed by atoms with Gasteiger partial charge in [-0.05, 0) is 30.3 Å². The van der Waals surface area contributed by atoms with Crippen molar-refractivity contribution < 1.29 is 18.0 Å². The number of hydrogen-bond acceptors (Lipinski definition) is 1. The first-order valence-corrected chi connectivity index (χ1v) is 6.30. The van der Waals surface area contributed by atoms with Gasteiger partial charge in [-0.2, -0.15) is 0 Å². The van der Waals surface area contributed by atoms with E-state index in [1.165, 1.54) is 18.2 Å². The summed E-state index contributed by atoms with van der Waals surface area (Å²) in [7, 11) is 0. The molecule has 0 aromatic heterocycles. The molecular formula is C13H7Cl2F3N2O. The Morgan fingerprint density at radius 3 is 2.29 bits per heavy atom. The molecule has 0 unspecified atom stereocenters. The van der Waals surface area contributed by atoms with E-state index < -0.39 is 29.2 Å². The van der Waals surface area contributed by atoms with Crippen LogP contribution in [0.1, 0.15) is 0 Å². The first kappa shape index (κ1) is 15.5. The number of carbonyl (C=O) groups is 1. The normalized spacial score (nSPS) is 10.3. The summed E-state index contributed by atoms with van der Waals surface area (Å²) in [6.07, 6.45) is 0. The molecule has 0 fully saturated rings. The summed E-state index contributed by atoms with van der Waals surface area (Å²) in [5, 5.41) is 4.91. The van der Waals surface area contributed by atoms with E-state index in [9.17, 15) is 18.0 Å². The van der Waals surface area contributed by atoms with Crippen molar-refractivity contribution in [1.29, 1.82) is 0 Å². The van der Waals surface area contributed by atoms with Crippen molar-refractivity contribution in [2.45, 2.75) is 0 Å². The number of nitrogens with one attached hydrogen (secondary N) is 2. The van der Waals surface area contributed by atoms with Crippen LogP contribution in [0.3, 0.4) is 0 Å². The highest BCUT2D eigenvalue weighted by molar-refractivity contribution is 6.42. The van der Waals surface area contributed by atoms with Crippen molar-refractivity contribution >= 4 is 40.6 Å². The molecule has 0 aliphatic rings. The molecule has 2 aromatic carbocycles. The van der Waals surface area contributed by atoms with Crippen LogP contribution in [0, 0.1) is 17.5 Å². The number of hydrogen-bond donors (Lipinski definition) is 2. The fourth-order valence-electron chi connectivity index (χ4n) is 1.48. The number of rotatable bonds is 2. The van der Waals surface area contributed by atoms with Crippen LogP contribution in [0.25, 0.3) is 0 Å². The van der Waals surface area contributed by atoms with Crippen LogP contribution in [-0.2, 0) is 0 Å². The molecule has 0 saturated heterocycles. The minimum atomic E-state index is -1.66. The highest BCUT2D eigenvalue weighted by Gasteiger charge is 2.15. The Hall–Kier alpha value is -1.92. The summed E-state index contributed by atoms with van der Waals surface area (Å²) in [5.41, 5.74) is -0.198. The molecule has 3 nitrogen and oxygen atoms in total. The minimum absolute atomic E-state index is 0.216. The summed E-state index contributed by atoms with van der Waals surface area (Å²) in [6.45, 7) is 0. The molecule has 0 aliphatic carbocycles. The van der Waals surface area contributed by atoms with Gasteiger partial charge in [-0.1, -0.05) is 23.2 Å². The molecule has 2 rings (SSSR count). The summed E-state index contributed by atoms with van der Waals surface area (Å²) in [5.74, 6) is -4.50. The van der Waals surface area contributed by atoms with E-state index in [1.807, 2.05) is 0 Å². The van der Waals surface area contributed by atoms with E-state index in [1.54, 1.807) is 0 Å². The van der Waals surface area contributed by atoms with Crippen molar-refractivity contribution in [2.24, 2.45) is 0 Å². The van der Waals surface area contributed by atoms with E-state index in [4.69, 9.17) is 23.2 Å². The second kappa shape index (κ2) is 6.24. The van der Waals surface area contributed by atoms with Gasteiger partial charge in [0, 0.05) is 5.69 Å². The van der Waals surface area contributed by atoms with Gasteiger partial charge in [0.2, 0.25) is 0 Å². The summed E-state index contributed by atoms with van der Waals surface area (Å²) < 4.78 is 39.2. The van der Waals surface area contributed by atoms with Gasteiger partial charge in [-0.3, -0.25) is 0 Å². The number of benzene rings is 2. The predicted octanol–water partition coefficient (Wildman–Crippen LogP) is 5.05. The molecule has 0 heterocycles.